The van der Waals surface area contributed by atoms with Crippen LogP contribution in [0.1, 0.15) is 29.8 Å². The van der Waals surface area contributed by atoms with Crippen LogP contribution in [-0.2, 0) is 10.9 Å². The second-order valence-electron chi connectivity index (χ2n) is 4.46. The lowest BCUT2D eigenvalue weighted by atomic mass is 9.96. The molecule has 1 unspecified atom stereocenters. The number of hydrogen-bond donors (Lipinski definition) is 0. The van der Waals surface area contributed by atoms with E-state index in [1.165, 1.54) is 7.11 Å². The predicted molar refractivity (Wildman–Crippen MR) is 61.4 cm³/mol. The smallest absolute Gasteiger partial charge is 0.373 e. The fourth-order valence-electron chi connectivity index (χ4n) is 1.74. The van der Waals surface area contributed by atoms with Gasteiger partial charge in [0.25, 0.3) is 0 Å². The van der Waals surface area contributed by atoms with Gasteiger partial charge in [0.2, 0.25) is 0 Å². The summed E-state index contributed by atoms with van der Waals surface area (Å²) in [6, 6.07) is 2.19. The fourth-order valence-corrected chi connectivity index (χ4v) is 1.74. The Labute approximate surface area is 108 Å². The van der Waals surface area contributed by atoms with Gasteiger partial charge in [0.05, 0.1) is 5.56 Å². The van der Waals surface area contributed by atoms with E-state index in [-0.39, 0.29) is 11.5 Å². The Morgan fingerprint density at radius 1 is 1.26 bits per heavy atom. The van der Waals surface area contributed by atoms with Crippen LogP contribution in [0.3, 0.4) is 0 Å². The summed E-state index contributed by atoms with van der Waals surface area (Å²) in [6.45, 7) is 3.42. The second-order valence-corrected chi connectivity index (χ2v) is 4.46. The highest BCUT2D eigenvalue weighted by molar-refractivity contribution is 5.99. The minimum absolute atomic E-state index is 0.197. The number of carbonyl (C=O) groups excluding carboxylic acids is 1. The van der Waals surface area contributed by atoms with Gasteiger partial charge < -0.3 is 4.74 Å². The highest BCUT2D eigenvalue weighted by atomic mass is 19.4. The van der Waals surface area contributed by atoms with Crippen LogP contribution in [0.5, 0.6) is 0 Å². The molecule has 0 radical (unpaired) electrons. The first-order valence-electron chi connectivity index (χ1n) is 5.62. The van der Waals surface area contributed by atoms with Crippen LogP contribution in [0.15, 0.2) is 18.2 Å². The molecule has 0 aromatic heterocycles. The van der Waals surface area contributed by atoms with Crippen molar-refractivity contribution in [2.45, 2.75) is 26.1 Å². The number of ketones is 1. The van der Waals surface area contributed by atoms with Gasteiger partial charge in [-0.25, -0.2) is 4.39 Å². The molecule has 0 aliphatic heterocycles. The van der Waals surface area contributed by atoms with Crippen LogP contribution in [0.2, 0.25) is 0 Å². The Morgan fingerprint density at radius 2 is 1.84 bits per heavy atom. The van der Waals surface area contributed by atoms with E-state index in [2.05, 4.69) is 0 Å². The van der Waals surface area contributed by atoms with Gasteiger partial charge in [0.1, 0.15) is 11.9 Å². The van der Waals surface area contributed by atoms with E-state index in [9.17, 15) is 22.4 Å². The topological polar surface area (TPSA) is 26.3 Å². The number of alkyl halides is 3. The maximum atomic E-state index is 13.1. The van der Waals surface area contributed by atoms with Crippen LogP contribution in [0.25, 0.3) is 0 Å². The minimum atomic E-state index is -4.83. The van der Waals surface area contributed by atoms with E-state index in [1.54, 1.807) is 13.8 Å². The summed E-state index contributed by atoms with van der Waals surface area (Å²) >= 11 is 0. The molecule has 0 aliphatic carbocycles. The van der Waals surface area contributed by atoms with Gasteiger partial charge in [-0.1, -0.05) is 13.8 Å². The molecule has 0 aliphatic rings. The van der Waals surface area contributed by atoms with Gasteiger partial charge >= 0.3 is 6.18 Å². The largest absolute Gasteiger partial charge is 0.419 e. The van der Waals surface area contributed by atoms with Crippen molar-refractivity contribution in [1.82, 2.24) is 0 Å². The monoisotopic (exact) mass is 278 g/mol. The van der Waals surface area contributed by atoms with E-state index in [0.717, 1.165) is 6.07 Å². The number of carbonyl (C=O) groups is 1. The van der Waals surface area contributed by atoms with Crippen molar-refractivity contribution in [3.8, 4) is 0 Å². The zero-order chi connectivity index (χ0) is 14.8. The number of rotatable bonds is 4. The highest BCUT2D eigenvalue weighted by Gasteiger charge is 2.35. The summed E-state index contributed by atoms with van der Waals surface area (Å²) in [5.41, 5.74) is -1.66. The van der Waals surface area contributed by atoms with Crippen LogP contribution in [-0.4, -0.2) is 19.0 Å². The third kappa shape index (κ3) is 3.53. The van der Waals surface area contributed by atoms with E-state index < -0.39 is 29.4 Å². The molecule has 1 rings (SSSR count). The Balaban J connectivity index is 3.19. The quantitative estimate of drug-likeness (QED) is 0.620. The molecule has 0 fully saturated rings. The molecular formula is C13H14F4O2. The molecule has 106 valence electrons. The normalized spacial score (nSPS) is 13.7. The predicted octanol–water partition coefficient (Wildman–Crippen LogP) is 3.70. The molecule has 2 nitrogen and oxygen atoms in total. The first-order chi connectivity index (χ1) is 8.68. The van der Waals surface area contributed by atoms with Gasteiger partial charge in [0.15, 0.2) is 5.78 Å². The molecule has 0 saturated heterocycles. The zero-order valence-corrected chi connectivity index (χ0v) is 10.7. The SMILES string of the molecule is COC(C(=O)c1ccc(F)c(C(F)(F)F)c1)C(C)C. The summed E-state index contributed by atoms with van der Waals surface area (Å²) < 4.78 is 55.7. The van der Waals surface area contributed by atoms with Crippen molar-refractivity contribution >= 4 is 5.78 Å². The number of benzene rings is 1. The average molecular weight is 278 g/mol. The molecule has 0 saturated carbocycles. The number of Topliss-reactive ketones (excluding diaryl/α,β-unsaturated/α-hetero) is 1. The lowest BCUT2D eigenvalue weighted by Crippen LogP contribution is -2.29. The van der Waals surface area contributed by atoms with Gasteiger partial charge in [-0.15, -0.1) is 0 Å². The van der Waals surface area contributed by atoms with Crippen LogP contribution < -0.4 is 0 Å². The van der Waals surface area contributed by atoms with Gasteiger partial charge in [-0.3, -0.25) is 4.79 Å². The molecule has 1 aromatic rings. The highest BCUT2D eigenvalue weighted by Crippen LogP contribution is 2.32. The third-order valence-electron chi connectivity index (χ3n) is 2.67. The standard InChI is InChI=1S/C13H14F4O2/c1-7(2)12(19-3)11(18)8-4-5-10(14)9(6-8)13(15,16)17/h4-7,12H,1-3H3. The third-order valence-corrected chi connectivity index (χ3v) is 2.67. The van der Waals surface area contributed by atoms with Gasteiger partial charge in [-0.05, 0) is 24.1 Å². The van der Waals surface area contributed by atoms with Crippen molar-refractivity contribution in [3.05, 3.63) is 35.1 Å². The zero-order valence-electron chi connectivity index (χ0n) is 10.7. The molecule has 0 amide bonds. The summed E-state index contributed by atoms with van der Waals surface area (Å²) in [4.78, 5) is 12.0. The summed E-state index contributed by atoms with van der Waals surface area (Å²) in [5, 5.41) is 0. The summed E-state index contributed by atoms with van der Waals surface area (Å²) in [5.74, 6) is -2.19. The van der Waals surface area contributed by atoms with E-state index in [4.69, 9.17) is 4.74 Å². The molecular weight excluding hydrogens is 264 g/mol. The van der Waals surface area contributed by atoms with Gasteiger partial charge in [0, 0.05) is 12.7 Å². The first kappa shape index (κ1) is 15.6. The molecule has 1 atom stereocenters. The minimum Gasteiger partial charge on any atom is -0.373 e. The maximum Gasteiger partial charge on any atom is 0.419 e. The molecule has 0 bridgehead atoms. The molecule has 1 aromatic carbocycles. The lowest BCUT2D eigenvalue weighted by molar-refractivity contribution is -0.140. The first-order valence-corrected chi connectivity index (χ1v) is 5.62. The number of halogens is 4. The lowest BCUT2D eigenvalue weighted by Gasteiger charge is -2.18. The fraction of sp³-hybridized carbons (Fsp3) is 0.462. The number of hydrogen-bond acceptors (Lipinski definition) is 2. The van der Waals surface area contributed by atoms with E-state index >= 15 is 0 Å². The van der Waals surface area contributed by atoms with E-state index in [1.807, 2.05) is 0 Å². The average Bonchev–Trinajstić information content (AvgIpc) is 2.28. The Hall–Kier alpha value is -1.43. The summed E-state index contributed by atoms with van der Waals surface area (Å²) in [6.07, 6.45) is -5.69. The van der Waals surface area contributed by atoms with Crippen molar-refractivity contribution in [3.63, 3.8) is 0 Å². The number of methoxy groups -OCH3 is 1. The van der Waals surface area contributed by atoms with Crippen LogP contribution in [0, 0.1) is 11.7 Å². The molecule has 19 heavy (non-hydrogen) atoms. The van der Waals surface area contributed by atoms with Crippen molar-refractivity contribution in [2.75, 3.05) is 7.11 Å². The summed E-state index contributed by atoms with van der Waals surface area (Å²) in [7, 11) is 1.30. The number of ether oxygens (including phenoxy) is 1. The Bertz CT molecular complexity index is 466. The van der Waals surface area contributed by atoms with E-state index in [0.29, 0.717) is 12.1 Å². The molecule has 0 N–H and O–H groups in total. The molecule has 0 heterocycles. The van der Waals surface area contributed by atoms with Crippen LogP contribution >= 0.6 is 0 Å². The Kier molecular flexibility index (Phi) is 4.68. The second kappa shape index (κ2) is 5.69. The molecule has 0 spiro atoms. The van der Waals surface area contributed by atoms with Crippen molar-refractivity contribution in [2.24, 2.45) is 5.92 Å². The van der Waals surface area contributed by atoms with Gasteiger partial charge in [-0.2, -0.15) is 13.2 Å². The maximum absolute atomic E-state index is 13.1. The molecule has 6 heteroatoms. The van der Waals surface area contributed by atoms with Crippen molar-refractivity contribution < 1.29 is 27.1 Å². The van der Waals surface area contributed by atoms with Crippen molar-refractivity contribution in [1.29, 1.82) is 0 Å². The van der Waals surface area contributed by atoms with Crippen LogP contribution in [0.4, 0.5) is 17.6 Å². The Morgan fingerprint density at radius 3 is 2.26 bits per heavy atom.